The molecule has 0 aromatic carbocycles. The molecule has 6 heteroatoms. The summed E-state index contributed by atoms with van der Waals surface area (Å²) < 4.78 is 6.30. The Labute approximate surface area is 110 Å². The second-order valence-corrected chi connectivity index (χ2v) is 4.92. The van der Waals surface area contributed by atoms with E-state index in [2.05, 4.69) is 43.2 Å². The summed E-state index contributed by atoms with van der Waals surface area (Å²) in [6, 6.07) is 0.486. The minimum absolute atomic E-state index is 0.486. The van der Waals surface area contributed by atoms with Crippen LogP contribution in [0.4, 0.5) is 11.8 Å². The summed E-state index contributed by atoms with van der Waals surface area (Å²) in [6.07, 6.45) is 3.87. The van der Waals surface area contributed by atoms with Crippen molar-refractivity contribution in [2.75, 3.05) is 37.5 Å². The Hall–Kier alpha value is -0.880. The summed E-state index contributed by atoms with van der Waals surface area (Å²) in [5.74, 6) is 1.57. The number of rotatable bonds is 3. The van der Waals surface area contributed by atoms with Gasteiger partial charge in [0.15, 0.2) is 0 Å². The van der Waals surface area contributed by atoms with Crippen molar-refractivity contribution in [1.82, 2.24) is 9.97 Å². The van der Waals surface area contributed by atoms with Crippen LogP contribution in [0.25, 0.3) is 0 Å². The molecule has 2 heterocycles. The van der Waals surface area contributed by atoms with E-state index in [4.69, 9.17) is 4.74 Å². The molecule has 1 aromatic heterocycles. The Morgan fingerprint density at radius 1 is 1.47 bits per heavy atom. The zero-order valence-electron chi connectivity index (χ0n) is 10.1. The molecule has 0 radical (unpaired) electrons. The van der Waals surface area contributed by atoms with Crippen LogP contribution < -0.4 is 10.2 Å². The minimum atomic E-state index is 0.486. The molecule has 0 aliphatic carbocycles. The third kappa shape index (κ3) is 2.87. The molecular formula is C11H17BrN4O. The Morgan fingerprint density at radius 2 is 2.18 bits per heavy atom. The Morgan fingerprint density at radius 3 is 2.82 bits per heavy atom. The van der Waals surface area contributed by atoms with Gasteiger partial charge in [-0.05, 0) is 28.8 Å². The highest BCUT2D eigenvalue weighted by Gasteiger charge is 2.21. The lowest BCUT2D eigenvalue weighted by Gasteiger charge is -2.32. The lowest BCUT2D eigenvalue weighted by Crippen LogP contribution is -2.37. The van der Waals surface area contributed by atoms with E-state index in [9.17, 15) is 0 Å². The molecule has 2 rings (SSSR count). The molecule has 1 aliphatic heterocycles. The maximum absolute atomic E-state index is 5.38. The van der Waals surface area contributed by atoms with Crippen LogP contribution >= 0.6 is 15.9 Å². The standard InChI is InChI=1S/C11H17BrN4O/c1-13-11-14-7-9(12)10(15-11)16(2)8-3-5-17-6-4-8/h7-8H,3-6H2,1-2H3,(H,13,14,15). The van der Waals surface area contributed by atoms with Crippen LogP contribution in [0.15, 0.2) is 10.7 Å². The van der Waals surface area contributed by atoms with Crippen molar-refractivity contribution in [2.24, 2.45) is 0 Å². The zero-order valence-corrected chi connectivity index (χ0v) is 11.7. The van der Waals surface area contributed by atoms with Crippen molar-refractivity contribution in [3.63, 3.8) is 0 Å². The SMILES string of the molecule is CNc1ncc(Br)c(N(C)C2CCOCC2)n1. The van der Waals surface area contributed by atoms with Gasteiger partial charge < -0.3 is 15.0 Å². The number of nitrogens with zero attached hydrogens (tertiary/aromatic N) is 3. The fraction of sp³-hybridized carbons (Fsp3) is 0.636. The van der Waals surface area contributed by atoms with Crippen molar-refractivity contribution >= 4 is 27.7 Å². The quantitative estimate of drug-likeness (QED) is 0.924. The Kier molecular flexibility index (Phi) is 4.17. The molecule has 1 N–H and O–H groups in total. The van der Waals surface area contributed by atoms with Gasteiger partial charge in [0, 0.05) is 39.5 Å². The molecule has 94 valence electrons. The molecule has 0 saturated carbocycles. The van der Waals surface area contributed by atoms with Gasteiger partial charge in [-0.15, -0.1) is 0 Å². The van der Waals surface area contributed by atoms with Gasteiger partial charge in [0.25, 0.3) is 0 Å². The molecule has 0 atom stereocenters. The fourth-order valence-electron chi connectivity index (χ4n) is 1.97. The van der Waals surface area contributed by atoms with Crippen molar-refractivity contribution in [3.05, 3.63) is 10.7 Å². The molecule has 1 aliphatic rings. The second kappa shape index (κ2) is 5.64. The summed E-state index contributed by atoms with van der Waals surface area (Å²) in [7, 11) is 3.89. The van der Waals surface area contributed by atoms with Crippen LogP contribution in [-0.2, 0) is 4.74 Å². The first kappa shape index (κ1) is 12.6. The summed E-state index contributed by atoms with van der Waals surface area (Å²) in [5.41, 5.74) is 0. The summed E-state index contributed by atoms with van der Waals surface area (Å²) >= 11 is 3.50. The van der Waals surface area contributed by atoms with E-state index in [1.54, 1.807) is 6.20 Å². The molecule has 1 aromatic rings. The van der Waals surface area contributed by atoms with Crippen LogP contribution in [0.2, 0.25) is 0 Å². The molecule has 1 fully saturated rings. The normalized spacial score (nSPS) is 16.9. The van der Waals surface area contributed by atoms with Gasteiger partial charge in [-0.25, -0.2) is 4.98 Å². The van der Waals surface area contributed by atoms with Crippen LogP contribution in [0, 0.1) is 0 Å². The largest absolute Gasteiger partial charge is 0.381 e. The molecular weight excluding hydrogens is 284 g/mol. The highest BCUT2D eigenvalue weighted by molar-refractivity contribution is 9.10. The summed E-state index contributed by atoms with van der Waals surface area (Å²) in [5, 5.41) is 2.96. The topological polar surface area (TPSA) is 50.3 Å². The van der Waals surface area contributed by atoms with Gasteiger partial charge in [0.05, 0.1) is 4.47 Å². The molecule has 17 heavy (non-hydrogen) atoms. The number of ether oxygens (including phenoxy) is 1. The van der Waals surface area contributed by atoms with Crippen molar-refractivity contribution in [1.29, 1.82) is 0 Å². The Balaban J connectivity index is 2.19. The number of halogens is 1. The van der Waals surface area contributed by atoms with Gasteiger partial charge in [0.2, 0.25) is 5.95 Å². The molecule has 0 bridgehead atoms. The number of hydrogen-bond acceptors (Lipinski definition) is 5. The van der Waals surface area contributed by atoms with Crippen molar-refractivity contribution in [2.45, 2.75) is 18.9 Å². The van der Waals surface area contributed by atoms with E-state index < -0.39 is 0 Å². The average molecular weight is 301 g/mol. The fourth-order valence-corrected chi connectivity index (χ4v) is 2.44. The predicted octanol–water partition coefficient (Wildman–Crippen LogP) is 1.90. The van der Waals surface area contributed by atoms with Gasteiger partial charge in [0.1, 0.15) is 5.82 Å². The van der Waals surface area contributed by atoms with Gasteiger partial charge >= 0.3 is 0 Å². The summed E-state index contributed by atoms with van der Waals surface area (Å²) in [6.45, 7) is 1.66. The lowest BCUT2D eigenvalue weighted by atomic mass is 10.1. The van der Waals surface area contributed by atoms with Gasteiger partial charge in [-0.3, -0.25) is 0 Å². The first-order chi connectivity index (χ1) is 8.22. The number of anilines is 2. The molecule has 0 spiro atoms. The van der Waals surface area contributed by atoms with E-state index in [0.717, 1.165) is 36.3 Å². The van der Waals surface area contributed by atoms with Crippen LogP contribution in [0.5, 0.6) is 0 Å². The summed E-state index contributed by atoms with van der Waals surface area (Å²) in [4.78, 5) is 10.8. The van der Waals surface area contributed by atoms with Crippen LogP contribution in [0.3, 0.4) is 0 Å². The van der Waals surface area contributed by atoms with E-state index in [1.807, 2.05) is 7.05 Å². The van der Waals surface area contributed by atoms with Crippen molar-refractivity contribution < 1.29 is 4.74 Å². The smallest absolute Gasteiger partial charge is 0.224 e. The van der Waals surface area contributed by atoms with E-state index >= 15 is 0 Å². The highest BCUT2D eigenvalue weighted by atomic mass is 79.9. The molecule has 0 amide bonds. The minimum Gasteiger partial charge on any atom is -0.381 e. The Bertz CT molecular complexity index is 382. The van der Waals surface area contributed by atoms with E-state index in [0.29, 0.717) is 12.0 Å². The van der Waals surface area contributed by atoms with Gasteiger partial charge in [-0.1, -0.05) is 0 Å². The number of aromatic nitrogens is 2. The monoisotopic (exact) mass is 300 g/mol. The third-order valence-electron chi connectivity index (χ3n) is 3.02. The maximum Gasteiger partial charge on any atom is 0.224 e. The number of nitrogens with one attached hydrogen (secondary N) is 1. The van der Waals surface area contributed by atoms with Crippen molar-refractivity contribution in [3.8, 4) is 0 Å². The third-order valence-corrected chi connectivity index (χ3v) is 3.58. The zero-order chi connectivity index (χ0) is 12.3. The highest BCUT2D eigenvalue weighted by Crippen LogP contribution is 2.27. The molecule has 0 unspecified atom stereocenters. The van der Waals surface area contributed by atoms with Crippen LogP contribution in [0.1, 0.15) is 12.8 Å². The molecule has 1 saturated heterocycles. The lowest BCUT2D eigenvalue weighted by molar-refractivity contribution is 0.0853. The van der Waals surface area contributed by atoms with Gasteiger partial charge in [-0.2, -0.15) is 4.98 Å². The second-order valence-electron chi connectivity index (χ2n) is 4.07. The first-order valence-electron chi connectivity index (χ1n) is 5.73. The maximum atomic E-state index is 5.38. The molecule has 5 nitrogen and oxygen atoms in total. The average Bonchev–Trinajstić information content (AvgIpc) is 2.39. The van der Waals surface area contributed by atoms with Crippen LogP contribution in [-0.4, -0.2) is 43.3 Å². The van der Waals surface area contributed by atoms with E-state index in [-0.39, 0.29) is 0 Å². The van der Waals surface area contributed by atoms with E-state index in [1.165, 1.54) is 0 Å². The predicted molar refractivity (Wildman–Crippen MR) is 71.5 cm³/mol. The first-order valence-corrected chi connectivity index (χ1v) is 6.52. The number of hydrogen-bond donors (Lipinski definition) is 1.